The van der Waals surface area contributed by atoms with E-state index < -0.39 is 0 Å². The molecule has 192 valence electrons. The molecule has 5 aromatic carbocycles. The molecule has 0 aliphatic heterocycles. The lowest BCUT2D eigenvalue weighted by Gasteiger charge is -2.21. The summed E-state index contributed by atoms with van der Waals surface area (Å²) >= 11 is 0. The van der Waals surface area contributed by atoms with E-state index in [1.54, 1.807) is 0 Å². The molecule has 0 radical (unpaired) electrons. The third-order valence-electron chi connectivity index (χ3n) is 6.68. The topological polar surface area (TPSA) is 0 Å². The number of hydrogen-bond donors (Lipinski definition) is 0. The highest BCUT2D eigenvalue weighted by Gasteiger charge is 2.15. The Kier molecular flexibility index (Phi) is 9.33. The van der Waals surface area contributed by atoms with Crippen LogP contribution in [0.25, 0.3) is 21.5 Å². The molecule has 0 bridgehead atoms. The summed E-state index contributed by atoms with van der Waals surface area (Å²) in [6.45, 7) is 17.9. The smallest absolute Gasteiger partial charge is 0.0126 e. The molecule has 5 aromatic rings. The second-order valence-corrected chi connectivity index (χ2v) is 12.2. The molecule has 0 fully saturated rings. The highest BCUT2D eigenvalue weighted by molar-refractivity contribution is 5.86. The number of benzene rings is 5. The molecule has 5 rings (SSSR count). The molecule has 0 saturated carbocycles. The molecule has 0 aromatic heterocycles. The molecule has 0 aliphatic carbocycles. The van der Waals surface area contributed by atoms with E-state index >= 15 is 0 Å². The third kappa shape index (κ3) is 8.05. The van der Waals surface area contributed by atoms with Crippen LogP contribution in [0, 0.1) is 0 Å². The zero-order valence-corrected chi connectivity index (χ0v) is 24.0. The fraction of sp³-hybridized carbons (Fsp3) is 0.297. The van der Waals surface area contributed by atoms with Crippen LogP contribution >= 0.6 is 0 Å². The average Bonchev–Trinajstić information content (AvgIpc) is 2.88. The second kappa shape index (κ2) is 12.2. The van der Waals surface area contributed by atoms with E-state index in [0.29, 0.717) is 11.3 Å². The molecule has 0 aliphatic rings. The summed E-state index contributed by atoms with van der Waals surface area (Å²) in [6, 6.07) is 40.8. The van der Waals surface area contributed by atoms with E-state index in [-0.39, 0.29) is 5.41 Å². The molecule has 0 atom stereocenters. The molecular weight excluding hydrogens is 444 g/mol. The van der Waals surface area contributed by atoms with Gasteiger partial charge in [0.15, 0.2) is 0 Å². The maximum atomic E-state index is 2.28. The summed E-state index contributed by atoms with van der Waals surface area (Å²) in [5.74, 6) is 0.615. The van der Waals surface area contributed by atoms with Crippen molar-refractivity contribution in [1.82, 2.24) is 0 Å². The zero-order chi connectivity index (χ0) is 27.1. The SMILES string of the molecule is CC(C)(C)c1cccc2ccccc12.CC(C)(C)c1ccccc1.CC(C)c1ccc2ccccc2c1. The highest BCUT2D eigenvalue weighted by atomic mass is 14.2. The van der Waals surface area contributed by atoms with E-state index in [4.69, 9.17) is 0 Å². The Morgan fingerprint density at radius 2 is 1.00 bits per heavy atom. The Hall–Kier alpha value is -3.38. The maximum Gasteiger partial charge on any atom is -0.0126 e. The molecule has 0 unspecified atom stereocenters. The van der Waals surface area contributed by atoms with Crippen LogP contribution in [0.1, 0.15) is 78.0 Å². The molecular formula is C37H44. The van der Waals surface area contributed by atoms with Gasteiger partial charge in [-0.3, -0.25) is 0 Å². The predicted octanol–water partition coefficient (Wildman–Crippen LogP) is 11.1. The molecule has 0 nitrogen and oxygen atoms in total. The standard InChI is InChI=1S/C14H16.C13H14.C10H14/c1-14(2,3)13-10-6-8-11-7-4-5-9-12(11)13;1-10(2)12-8-7-11-5-3-4-6-13(11)9-12;1-10(2,3)9-7-5-4-6-8-9/h4-10H,1-3H3;3-10H,1-2H3;4-8H,1-3H3. The van der Waals surface area contributed by atoms with Gasteiger partial charge in [-0.1, -0.05) is 171 Å². The van der Waals surface area contributed by atoms with Crippen LogP contribution < -0.4 is 0 Å². The van der Waals surface area contributed by atoms with Gasteiger partial charge >= 0.3 is 0 Å². The first-order valence-corrected chi connectivity index (χ1v) is 13.5. The molecule has 0 spiro atoms. The Morgan fingerprint density at radius 1 is 0.459 bits per heavy atom. The Balaban J connectivity index is 0.000000157. The third-order valence-corrected chi connectivity index (χ3v) is 6.68. The van der Waals surface area contributed by atoms with Gasteiger partial charge in [0.1, 0.15) is 0 Å². The normalized spacial score (nSPS) is 11.5. The van der Waals surface area contributed by atoms with Crippen LogP contribution in [0.4, 0.5) is 0 Å². The molecule has 0 saturated heterocycles. The van der Waals surface area contributed by atoms with Gasteiger partial charge in [-0.25, -0.2) is 0 Å². The largest absolute Gasteiger partial charge is 0.0622 e. The van der Waals surface area contributed by atoms with E-state index in [9.17, 15) is 0 Å². The van der Waals surface area contributed by atoms with Gasteiger partial charge in [0.2, 0.25) is 0 Å². The minimum atomic E-state index is 0.223. The van der Waals surface area contributed by atoms with Crippen molar-refractivity contribution >= 4 is 21.5 Å². The molecule has 0 heteroatoms. The summed E-state index contributed by atoms with van der Waals surface area (Å²) in [6.07, 6.45) is 0. The van der Waals surface area contributed by atoms with Crippen LogP contribution in [-0.2, 0) is 10.8 Å². The van der Waals surface area contributed by atoms with Crippen LogP contribution in [0.15, 0.2) is 115 Å². The molecule has 0 heterocycles. The average molecular weight is 489 g/mol. The predicted molar refractivity (Wildman–Crippen MR) is 166 cm³/mol. The van der Waals surface area contributed by atoms with Crippen molar-refractivity contribution < 1.29 is 0 Å². The van der Waals surface area contributed by atoms with E-state index in [0.717, 1.165) is 0 Å². The van der Waals surface area contributed by atoms with Crippen LogP contribution in [-0.4, -0.2) is 0 Å². The van der Waals surface area contributed by atoms with Gasteiger partial charge in [-0.05, 0) is 55.0 Å². The van der Waals surface area contributed by atoms with Crippen molar-refractivity contribution in [3.63, 3.8) is 0 Å². The van der Waals surface area contributed by atoms with E-state index in [2.05, 4.69) is 171 Å². The summed E-state index contributed by atoms with van der Waals surface area (Å²) < 4.78 is 0. The maximum absolute atomic E-state index is 2.28. The van der Waals surface area contributed by atoms with E-state index in [1.165, 1.54) is 38.2 Å². The minimum absolute atomic E-state index is 0.223. The fourth-order valence-electron chi connectivity index (χ4n) is 4.38. The van der Waals surface area contributed by atoms with Crippen molar-refractivity contribution in [2.75, 3.05) is 0 Å². The zero-order valence-electron chi connectivity index (χ0n) is 24.0. The fourth-order valence-corrected chi connectivity index (χ4v) is 4.38. The summed E-state index contributed by atoms with van der Waals surface area (Å²) in [5, 5.41) is 5.38. The summed E-state index contributed by atoms with van der Waals surface area (Å²) in [5.41, 5.74) is 4.76. The van der Waals surface area contributed by atoms with Crippen LogP contribution in [0.3, 0.4) is 0 Å². The minimum Gasteiger partial charge on any atom is -0.0622 e. The van der Waals surface area contributed by atoms with Crippen molar-refractivity contribution in [3.8, 4) is 0 Å². The lowest BCUT2D eigenvalue weighted by molar-refractivity contribution is 0.590. The molecule has 0 amide bonds. The van der Waals surface area contributed by atoms with Gasteiger partial charge in [0.25, 0.3) is 0 Å². The summed E-state index contributed by atoms with van der Waals surface area (Å²) in [7, 11) is 0. The Labute approximate surface area is 225 Å². The quantitative estimate of drug-likeness (QED) is 0.220. The Bertz CT molecular complexity index is 1390. The first-order chi connectivity index (χ1) is 17.5. The highest BCUT2D eigenvalue weighted by Crippen LogP contribution is 2.29. The lowest BCUT2D eigenvalue weighted by Crippen LogP contribution is -2.11. The number of rotatable bonds is 1. The molecule has 0 N–H and O–H groups in total. The van der Waals surface area contributed by atoms with Crippen LogP contribution in [0.5, 0.6) is 0 Å². The van der Waals surface area contributed by atoms with Gasteiger partial charge in [-0.2, -0.15) is 0 Å². The number of hydrogen-bond acceptors (Lipinski definition) is 0. The van der Waals surface area contributed by atoms with Gasteiger partial charge in [-0.15, -0.1) is 0 Å². The second-order valence-electron chi connectivity index (χ2n) is 12.2. The Morgan fingerprint density at radius 3 is 1.57 bits per heavy atom. The monoisotopic (exact) mass is 488 g/mol. The van der Waals surface area contributed by atoms with Gasteiger partial charge in [0, 0.05) is 0 Å². The summed E-state index contributed by atoms with van der Waals surface area (Å²) in [4.78, 5) is 0. The van der Waals surface area contributed by atoms with Crippen molar-refractivity contribution in [2.45, 2.75) is 72.1 Å². The van der Waals surface area contributed by atoms with Gasteiger partial charge < -0.3 is 0 Å². The van der Waals surface area contributed by atoms with Crippen molar-refractivity contribution in [2.24, 2.45) is 0 Å². The first kappa shape index (κ1) is 28.2. The first-order valence-electron chi connectivity index (χ1n) is 13.5. The van der Waals surface area contributed by atoms with Crippen LogP contribution in [0.2, 0.25) is 0 Å². The van der Waals surface area contributed by atoms with Crippen molar-refractivity contribution in [1.29, 1.82) is 0 Å². The van der Waals surface area contributed by atoms with Gasteiger partial charge in [0.05, 0.1) is 0 Å². The van der Waals surface area contributed by atoms with Crippen molar-refractivity contribution in [3.05, 3.63) is 132 Å². The lowest BCUT2D eigenvalue weighted by atomic mass is 9.84. The van der Waals surface area contributed by atoms with E-state index in [1.807, 2.05) is 0 Å². The molecule has 37 heavy (non-hydrogen) atoms. The number of fused-ring (bicyclic) bond motifs is 2.